The summed E-state index contributed by atoms with van der Waals surface area (Å²) in [6, 6.07) is 17.6. The predicted molar refractivity (Wildman–Crippen MR) is 160 cm³/mol. The Balaban J connectivity index is 1.34. The Morgan fingerprint density at radius 2 is 1.88 bits per heavy atom. The van der Waals surface area contributed by atoms with E-state index in [2.05, 4.69) is 22.8 Å². The van der Waals surface area contributed by atoms with Crippen LogP contribution in [0.2, 0.25) is 0 Å². The highest BCUT2D eigenvalue weighted by atomic mass is 32.1. The van der Waals surface area contributed by atoms with E-state index in [1.54, 1.807) is 11.6 Å². The number of hydrazone groups is 1. The zero-order chi connectivity index (χ0) is 28.9. The van der Waals surface area contributed by atoms with Crippen molar-refractivity contribution in [1.82, 2.24) is 15.2 Å². The second-order valence-electron chi connectivity index (χ2n) is 10.0. The molecule has 1 atom stereocenters. The van der Waals surface area contributed by atoms with Crippen molar-refractivity contribution in [2.24, 2.45) is 11.0 Å². The average Bonchev–Trinajstić information content (AvgIpc) is 3.55. The first kappa shape index (κ1) is 28.0. The first-order valence-electron chi connectivity index (χ1n) is 13.5. The van der Waals surface area contributed by atoms with Crippen molar-refractivity contribution in [3.05, 3.63) is 87.9 Å². The number of fused-ring (bicyclic) bond motifs is 1. The van der Waals surface area contributed by atoms with Crippen molar-refractivity contribution in [2.75, 3.05) is 11.9 Å². The molecular formula is C31H31N5O4S. The van der Waals surface area contributed by atoms with Gasteiger partial charge in [0.25, 0.3) is 0 Å². The molecule has 5 rings (SSSR count). The maximum Gasteiger partial charge on any atom is 0.341 e. The molecule has 2 amide bonds. The molecule has 41 heavy (non-hydrogen) atoms. The first-order valence-corrected chi connectivity index (χ1v) is 14.3. The molecule has 0 spiro atoms. The van der Waals surface area contributed by atoms with Crippen molar-refractivity contribution in [3.63, 3.8) is 0 Å². The molecule has 1 aliphatic rings. The molecule has 0 saturated carbocycles. The number of nitrogens with zero attached hydrogens (tertiary/aromatic N) is 3. The predicted octanol–water partition coefficient (Wildman–Crippen LogP) is 5.30. The van der Waals surface area contributed by atoms with Gasteiger partial charge in [0.1, 0.15) is 10.7 Å². The quantitative estimate of drug-likeness (QED) is 0.136. The van der Waals surface area contributed by atoms with E-state index in [-0.39, 0.29) is 6.61 Å². The number of ether oxygens (including phenoxy) is 1. The van der Waals surface area contributed by atoms with Gasteiger partial charge in [-0.1, -0.05) is 55.0 Å². The van der Waals surface area contributed by atoms with Crippen molar-refractivity contribution >= 4 is 40.3 Å². The third-order valence-corrected chi connectivity index (χ3v) is 8.05. The van der Waals surface area contributed by atoms with Crippen LogP contribution in [-0.4, -0.2) is 40.4 Å². The zero-order valence-corrected chi connectivity index (χ0v) is 24.0. The molecule has 210 valence electrons. The maximum absolute atomic E-state index is 12.8. The Morgan fingerprint density at radius 3 is 2.61 bits per heavy atom. The van der Waals surface area contributed by atoms with Crippen LogP contribution in [0.4, 0.5) is 5.00 Å². The Kier molecular flexibility index (Phi) is 8.39. The summed E-state index contributed by atoms with van der Waals surface area (Å²) >= 11 is 1.33. The topological polar surface area (TPSA) is 115 Å². The number of carbonyl (C=O) groups is 3. The lowest BCUT2D eigenvalue weighted by molar-refractivity contribution is -0.136. The molecule has 4 aromatic rings. The number of amides is 2. The number of hydrogen-bond acceptors (Lipinski definition) is 7. The van der Waals surface area contributed by atoms with E-state index < -0.39 is 17.8 Å². The highest BCUT2D eigenvalue weighted by Crippen LogP contribution is 2.40. The number of aryl methyl sites for hydroxylation is 1. The van der Waals surface area contributed by atoms with Crippen molar-refractivity contribution in [1.29, 1.82) is 0 Å². The molecule has 1 aliphatic carbocycles. The fraction of sp³-hybridized carbons (Fsp3) is 0.258. The van der Waals surface area contributed by atoms with Gasteiger partial charge in [-0.05, 0) is 56.7 Å². The molecule has 0 saturated heterocycles. The lowest BCUT2D eigenvalue weighted by Gasteiger charge is -2.18. The van der Waals surface area contributed by atoms with E-state index in [9.17, 15) is 14.4 Å². The monoisotopic (exact) mass is 569 g/mol. The SMILES string of the molecule is CCOC(=O)c1c(NC(=O)C(=O)N/N=C\c2cn(-c3ccccc3)nc2-c2ccc(C)cc2)sc2c1CC[C@H](C)C2. The normalized spacial score (nSPS) is 14.5. The standard InChI is InChI=1S/C31H31N5O4S/c1-4-40-31(39)26-24-15-12-20(3)16-25(24)41-30(26)33-28(37)29(38)34-32-17-22-18-36(23-8-6-5-7-9-23)35-27(22)21-13-10-19(2)11-14-21/h5-11,13-14,17-18,20H,4,12,15-16H2,1-3H3,(H,33,37)(H,34,38)/b32-17-/t20-/m0/s1. The summed E-state index contributed by atoms with van der Waals surface area (Å²) < 4.78 is 6.99. The van der Waals surface area contributed by atoms with Gasteiger partial charge in [-0.25, -0.2) is 14.9 Å². The molecule has 0 radical (unpaired) electrons. The highest BCUT2D eigenvalue weighted by Gasteiger charge is 2.30. The number of esters is 1. The Bertz CT molecular complexity index is 1610. The minimum atomic E-state index is -0.955. The molecule has 2 heterocycles. The molecule has 2 aromatic heterocycles. The van der Waals surface area contributed by atoms with Crippen LogP contribution in [0.15, 0.2) is 65.9 Å². The van der Waals surface area contributed by atoms with Gasteiger partial charge in [0.05, 0.1) is 24.1 Å². The molecule has 10 heteroatoms. The van der Waals surface area contributed by atoms with E-state index >= 15 is 0 Å². The molecule has 0 unspecified atom stereocenters. The highest BCUT2D eigenvalue weighted by molar-refractivity contribution is 7.17. The Hall–Kier alpha value is -4.57. The van der Waals surface area contributed by atoms with Gasteiger partial charge in [-0.15, -0.1) is 11.3 Å². The van der Waals surface area contributed by atoms with Gasteiger partial charge in [-0.3, -0.25) is 9.59 Å². The van der Waals surface area contributed by atoms with Crippen LogP contribution in [-0.2, 0) is 27.2 Å². The maximum atomic E-state index is 12.8. The van der Waals surface area contributed by atoms with Gasteiger partial charge in [0, 0.05) is 22.2 Å². The number of anilines is 1. The number of benzene rings is 2. The Labute approximate surface area is 242 Å². The van der Waals surface area contributed by atoms with Gasteiger partial charge >= 0.3 is 17.8 Å². The van der Waals surface area contributed by atoms with Gasteiger partial charge in [0.15, 0.2) is 0 Å². The summed E-state index contributed by atoms with van der Waals surface area (Å²) in [7, 11) is 0. The number of para-hydroxylation sites is 1. The van der Waals surface area contributed by atoms with Crippen LogP contribution in [0.25, 0.3) is 16.9 Å². The van der Waals surface area contributed by atoms with E-state index in [4.69, 9.17) is 9.84 Å². The van der Waals surface area contributed by atoms with E-state index in [0.29, 0.717) is 27.7 Å². The summed E-state index contributed by atoms with van der Waals surface area (Å²) in [6.45, 7) is 6.12. The van der Waals surface area contributed by atoms with Crippen molar-refractivity contribution < 1.29 is 19.1 Å². The molecule has 0 aliphatic heterocycles. The van der Waals surface area contributed by atoms with Crippen LogP contribution >= 0.6 is 11.3 Å². The molecule has 9 nitrogen and oxygen atoms in total. The van der Waals surface area contributed by atoms with E-state index in [0.717, 1.165) is 46.5 Å². The second kappa shape index (κ2) is 12.3. The van der Waals surface area contributed by atoms with Crippen LogP contribution in [0, 0.1) is 12.8 Å². The third kappa shape index (κ3) is 6.28. The van der Waals surface area contributed by atoms with Crippen molar-refractivity contribution in [3.8, 4) is 16.9 Å². The van der Waals surface area contributed by atoms with Crippen LogP contribution in [0.1, 0.15) is 52.2 Å². The minimum Gasteiger partial charge on any atom is -0.462 e. The van der Waals surface area contributed by atoms with Crippen LogP contribution in [0.3, 0.4) is 0 Å². The fourth-order valence-corrected chi connectivity index (χ4v) is 6.15. The fourth-order valence-electron chi connectivity index (χ4n) is 4.76. The summed E-state index contributed by atoms with van der Waals surface area (Å²) in [6.07, 6.45) is 5.77. The number of thiophene rings is 1. The number of carbonyl (C=O) groups excluding carboxylic acids is 3. The number of hydrogen-bond donors (Lipinski definition) is 2. The molecule has 0 fully saturated rings. The van der Waals surface area contributed by atoms with Gasteiger partial charge in [0.2, 0.25) is 0 Å². The molecule has 2 aromatic carbocycles. The molecule has 0 bridgehead atoms. The lowest BCUT2D eigenvalue weighted by Crippen LogP contribution is -2.32. The lowest BCUT2D eigenvalue weighted by atomic mass is 9.88. The number of nitrogens with one attached hydrogen (secondary N) is 2. The Morgan fingerprint density at radius 1 is 1.12 bits per heavy atom. The second-order valence-corrected chi connectivity index (χ2v) is 11.1. The summed E-state index contributed by atoms with van der Waals surface area (Å²) in [5, 5.41) is 11.7. The number of rotatable bonds is 7. The van der Waals surface area contributed by atoms with Crippen molar-refractivity contribution in [2.45, 2.75) is 40.0 Å². The third-order valence-electron chi connectivity index (χ3n) is 6.88. The molecular weight excluding hydrogens is 538 g/mol. The van der Waals surface area contributed by atoms with Gasteiger partial charge < -0.3 is 10.1 Å². The first-order chi connectivity index (χ1) is 19.8. The van der Waals surface area contributed by atoms with E-state index in [1.165, 1.54) is 17.6 Å². The largest absolute Gasteiger partial charge is 0.462 e. The average molecular weight is 570 g/mol. The zero-order valence-electron chi connectivity index (χ0n) is 23.1. The van der Waals surface area contributed by atoms with Crippen LogP contribution in [0.5, 0.6) is 0 Å². The molecule has 2 N–H and O–H groups in total. The van der Waals surface area contributed by atoms with Gasteiger partial charge in [-0.2, -0.15) is 10.2 Å². The smallest absolute Gasteiger partial charge is 0.341 e. The van der Waals surface area contributed by atoms with Crippen LogP contribution < -0.4 is 10.7 Å². The van der Waals surface area contributed by atoms with E-state index in [1.807, 2.05) is 67.7 Å². The number of aromatic nitrogens is 2. The minimum absolute atomic E-state index is 0.216. The summed E-state index contributed by atoms with van der Waals surface area (Å²) in [5.74, 6) is -1.89. The summed E-state index contributed by atoms with van der Waals surface area (Å²) in [5.41, 5.74) is 7.76. The summed E-state index contributed by atoms with van der Waals surface area (Å²) in [4.78, 5) is 39.3.